The molecule has 0 amide bonds. The van der Waals surface area contributed by atoms with Gasteiger partial charge in [-0.25, -0.2) is 4.39 Å². The number of nitrogens with zero attached hydrogens (tertiary/aromatic N) is 1. The molecular formula is C13H12F4N2. The van der Waals surface area contributed by atoms with Crippen LogP contribution in [-0.4, -0.2) is 13.1 Å². The first-order chi connectivity index (χ1) is 8.87. The maximum Gasteiger partial charge on any atom is 0.416 e. The predicted molar refractivity (Wildman–Crippen MR) is 60.8 cm³/mol. The fraction of sp³-hybridized carbons (Fsp3) is 0.462. The number of benzene rings is 1. The van der Waals surface area contributed by atoms with Crippen LogP contribution < -0.4 is 5.32 Å². The number of nitrogens with one attached hydrogen (secondary N) is 1. The fourth-order valence-corrected chi connectivity index (χ4v) is 2.35. The van der Waals surface area contributed by atoms with Gasteiger partial charge in [0, 0.05) is 0 Å². The zero-order chi connectivity index (χ0) is 14.1. The molecule has 0 aromatic heterocycles. The highest BCUT2D eigenvalue weighted by molar-refractivity contribution is 5.37. The molecule has 1 fully saturated rings. The van der Waals surface area contributed by atoms with Crippen LogP contribution in [0.4, 0.5) is 17.6 Å². The van der Waals surface area contributed by atoms with Gasteiger partial charge in [0.1, 0.15) is 5.82 Å². The summed E-state index contributed by atoms with van der Waals surface area (Å²) >= 11 is 0. The molecule has 1 aliphatic heterocycles. The van der Waals surface area contributed by atoms with Crippen LogP contribution in [-0.2, 0) is 11.6 Å². The van der Waals surface area contributed by atoms with Crippen LogP contribution in [0.1, 0.15) is 24.0 Å². The molecule has 1 aromatic carbocycles. The molecule has 0 unspecified atom stereocenters. The minimum Gasteiger partial charge on any atom is -0.317 e. The van der Waals surface area contributed by atoms with Gasteiger partial charge in [0.15, 0.2) is 0 Å². The van der Waals surface area contributed by atoms with Crippen molar-refractivity contribution in [2.75, 3.05) is 13.1 Å². The highest BCUT2D eigenvalue weighted by atomic mass is 19.4. The summed E-state index contributed by atoms with van der Waals surface area (Å²) in [6.07, 6.45) is -3.85. The van der Waals surface area contributed by atoms with E-state index in [9.17, 15) is 22.8 Å². The summed E-state index contributed by atoms with van der Waals surface area (Å²) in [4.78, 5) is 0. The van der Waals surface area contributed by atoms with Crippen LogP contribution in [0.5, 0.6) is 0 Å². The molecule has 1 saturated heterocycles. The summed E-state index contributed by atoms with van der Waals surface area (Å²) in [6, 6.07) is 4.44. The summed E-state index contributed by atoms with van der Waals surface area (Å²) in [7, 11) is 0. The predicted octanol–water partition coefficient (Wildman–Crippen LogP) is 2.99. The van der Waals surface area contributed by atoms with Crippen molar-refractivity contribution < 1.29 is 17.6 Å². The minimum absolute atomic E-state index is 0.115. The van der Waals surface area contributed by atoms with Gasteiger partial charge in [0.05, 0.1) is 17.0 Å². The van der Waals surface area contributed by atoms with E-state index in [4.69, 9.17) is 0 Å². The highest BCUT2D eigenvalue weighted by Crippen LogP contribution is 2.37. The smallest absolute Gasteiger partial charge is 0.317 e. The summed E-state index contributed by atoms with van der Waals surface area (Å²) in [5.41, 5.74) is -1.97. The standard InChI is InChI=1S/C13H12F4N2/c14-11-6-9(5-10(7-11)13(15,16)17)12(8-18)1-3-19-4-2-12/h5-7,19H,1-4H2. The van der Waals surface area contributed by atoms with Crippen LogP contribution in [0.25, 0.3) is 0 Å². The lowest BCUT2D eigenvalue weighted by atomic mass is 9.74. The molecule has 0 radical (unpaired) electrons. The number of hydrogen-bond acceptors (Lipinski definition) is 2. The Labute approximate surface area is 108 Å². The Morgan fingerprint density at radius 1 is 1.16 bits per heavy atom. The molecule has 6 heteroatoms. The number of rotatable bonds is 1. The van der Waals surface area contributed by atoms with Gasteiger partial charge in [0.25, 0.3) is 0 Å². The van der Waals surface area contributed by atoms with Crippen molar-refractivity contribution >= 4 is 0 Å². The summed E-state index contributed by atoms with van der Waals surface area (Å²) in [6.45, 7) is 1.07. The Bertz CT molecular complexity index is 510. The van der Waals surface area contributed by atoms with E-state index >= 15 is 0 Å². The van der Waals surface area contributed by atoms with Gasteiger partial charge in [-0.1, -0.05) is 0 Å². The van der Waals surface area contributed by atoms with Crippen LogP contribution in [0.2, 0.25) is 0 Å². The number of nitriles is 1. The Kier molecular flexibility index (Phi) is 3.50. The van der Waals surface area contributed by atoms with E-state index in [1.807, 2.05) is 0 Å². The molecule has 1 N–H and O–H groups in total. The van der Waals surface area contributed by atoms with E-state index in [1.54, 1.807) is 0 Å². The molecule has 1 heterocycles. The molecular weight excluding hydrogens is 260 g/mol. The summed E-state index contributed by atoms with van der Waals surface area (Å²) < 4.78 is 51.4. The van der Waals surface area contributed by atoms with Crippen molar-refractivity contribution in [2.45, 2.75) is 24.4 Å². The maximum atomic E-state index is 13.4. The largest absolute Gasteiger partial charge is 0.416 e. The SMILES string of the molecule is N#CC1(c2cc(F)cc(C(F)(F)F)c2)CCNCC1. The second kappa shape index (κ2) is 4.82. The van der Waals surface area contributed by atoms with Gasteiger partial charge in [-0.15, -0.1) is 0 Å². The van der Waals surface area contributed by atoms with Crippen LogP contribution in [0.15, 0.2) is 18.2 Å². The first-order valence-electron chi connectivity index (χ1n) is 5.88. The van der Waals surface area contributed by atoms with Crippen molar-refractivity contribution in [3.63, 3.8) is 0 Å². The van der Waals surface area contributed by atoms with E-state index in [0.29, 0.717) is 32.0 Å². The van der Waals surface area contributed by atoms with E-state index in [-0.39, 0.29) is 5.56 Å². The lowest BCUT2D eigenvalue weighted by Crippen LogP contribution is -2.39. The zero-order valence-electron chi connectivity index (χ0n) is 10.0. The average molecular weight is 272 g/mol. The normalized spacial score (nSPS) is 18.9. The molecule has 0 spiro atoms. The first-order valence-corrected chi connectivity index (χ1v) is 5.88. The summed E-state index contributed by atoms with van der Waals surface area (Å²) in [5, 5.41) is 12.3. The van der Waals surface area contributed by atoms with Crippen LogP contribution in [0, 0.1) is 17.1 Å². The fourth-order valence-electron chi connectivity index (χ4n) is 2.35. The van der Waals surface area contributed by atoms with Gasteiger partial charge >= 0.3 is 6.18 Å². The third-order valence-corrected chi connectivity index (χ3v) is 3.45. The van der Waals surface area contributed by atoms with E-state index < -0.39 is 23.0 Å². The maximum absolute atomic E-state index is 13.4. The van der Waals surface area contributed by atoms with Gasteiger partial charge in [0.2, 0.25) is 0 Å². The van der Waals surface area contributed by atoms with E-state index in [2.05, 4.69) is 11.4 Å². The van der Waals surface area contributed by atoms with Crippen LogP contribution >= 0.6 is 0 Å². The monoisotopic (exact) mass is 272 g/mol. The number of piperidine rings is 1. The van der Waals surface area contributed by atoms with Crippen molar-refractivity contribution in [3.8, 4) is 6.07 Å². The lowest BCUT2D eigenvalue weighted by molar-refractivity contribution is -0.137. The Morgan fingerprint density at radius 3 is 2.32 bits per heavy atom. The second-order valence-corrected chi connectivity index (χ2v) is 4.67. The molecule has 2 rings (SSSR count). The average Bonchev–Trinajstić information content (AvgIpc) is 2.38. The molecule has 0 atom stereocenters. The Balaban J connectivity index is 2.50. The van der Waals surface area contributed by atoms with Gasteiger partial charge < -0.3 is 5.32 Å². The molecule has 2 nitrogen and oxygen atoms in total. The quantitative estimate of drug-likeness (QED) is 0.798. The van der Waals surface area contributed by atoms with Crippen LogP contribution in [0.3, 0.4) is 0 Å². The van der Waals surface area contributed by atoms with E-state index in [1.165, 1.54) is 0 Å². The third-order valence-electron chi connectivity index (χ3n) is 3.45. The molecule has 1 aliphatic rings. The third kappa shape index (κ3) is 2.71. The Hall–Kier alpha value is -1.61. The molecule has 0 saturated carbocycles. The second-order valence-electron chi connectivity index (χ2n) is 4.67. The molecule has 0 aliphatic carbocycles. The number of halogens is 4. The number of alkyl halides is 3. The van der Waals surface area contributed by atoms with Crippen molar-refractivity contribution in [2.24, 2.45) is 0 Å². The number of hydrogen-bond donors (Lipinski definition) is 1. The highest BCUT2D eigenvalue weighted by Gasteiger charge is 2.38. The molecule has 1 aromatic rings. The van der Waals surface area contributed by atoms with Crippen molar-refractivity contribution in [3.05, 3.63) is 35.1 Å². The molecule has 0 bridgehead atoms. The summed E-state index contributed by atoms with van der Waals surface area (Å²) in [5.74, 6) is -0.960. The zero-order valence-corrected chi connectivity index (χ0v) is 10.0. The topological polar surface area (TPSA) is 35.8 Å². The van der Waals surface area contributed by atoms with E-state index in [0.717, 1.165) is 12.1 Å². The van der Waals surface area contributed by atoms with Gasteiger partial charge in [-0.05, 0) is 49.7 Å². The van der Waals surface area contributed by atoms with Crippen molar-refractivity contribution in [1.82, 2.24) is 5.32 Å². The van der Waals surface area contributed by atoms with Gasteiger partial charge in [-0.2, -0.15) is 18.4 Å². The lowest BCUT2D eigenvalue weighted by Gasteiger charge is -2.32. The molecule has 102 valence electrons. The Morgan fingerprint density at radius 2 is 1.79 bits per heavy atom. The minimum atomic E-state index is -4.61. The molecule has 19 heavy (non-hydrogen) atoms. The van der Waals surface area contributed by atoms with Crippen molar-refractivity contribution in [1.29, 1.82) is 5.26 Å². The first kappa shape index (κ1) is 13.8. The van der Waals surface area contributed by atoms with Gasteiger partial charge in [-0.3, -0.25) is 0 Å².